The van der Waals surface area contributed by atoms with Gasteiger partial charge in [-0.2, -0.15) is 0 Å². The molecule has 4 heteroatoms. The van der Waals surface area contributed by atoms with Gasteiger partial charge in [0.1, 0.15) is 0 Å². The van der Waals surface area contributed by atoms with Crippen LogP contribution in [0.5, 0.6) is 0 Å². The van der Waals surface area contributed by atoms with Crippen LogP contribution in [0.15, 0.2) is 27.1 Å². The topological polar surface area (TPSA) is 38.0 Å². The molecule has 2 nitrogen and oxygen atoms in total. The summed E-state index contributed by atoms with van der Waals surface area (Å²) in [5.74, 6) is 5.32. The molecule has 0 aliphatic heterocycles. The summed E-state index contributed by atoms with van der Waals surface area (Å²) in [6.45, 7) is 2.01. The highest BCUT2D eigenvalue weighted by molar-refractivity contribution is 9.11. The number of hydrogen-bond donors (Lipinski definition) is 2. The van der Waals surface area contributed by atoms with Crippen molar-refractivity contribution in [2.75, 3.05) is 0 Å². The Balaban J connectivity index is 3.00. The van der Waals surface area contributed by atoms with Crippen LogP contribution in [0, 0.1) is 0 Å². The molecule has 1 unspecified atom stereocenters. The van der Waals surface area contributed by atoms with E-state index in [2.05, 4.69) is 37.3 Å². The molecule has 1 aromatic rings. The van der Waals surface area contributed by atoms with Gasteiger partial charge in [0.15, 0.2) is 0 Å². The summed E-state index contributed by atoms with van der Waals surface area (Å²) in [4.78, 5) is 0. The fourth-order valence-corrected chi connectivity index (χ4v) is 2.25. The Labute approximate surface area is 88.8 Å². The lowest BCUT2D eigenvalue weighted by Crippen LogP contribution is -2.25. The molecule has 3 N–H and O–H groups in total. The second-order valence-corrected chi connectivity index (χ2v) is 4.42. The molecule has 0 amide bonds. The quantitative estimate of drug-likeness (QED) is 0.650. The normalized spacial score (nSPS) is 13.0. The second kappa shape index (κ2) is 4.37. The van der Waals surface area contributed by atoms with Gasteiger partial charge < -0.3 is 0 Å². The van der Waals surface area contributed by atoms with E-state index < -0.39 is 0 Å². The summed E-state index contributed by atoms with van der Waals surface area (Å²) < 4.78 is 2.10. The van der Waals surface area contributed by atoms with Crippen LogP contribution in [0.25, 0.3) is 0 Å². The Morgan fingerprint density at radius 3 is 2.17 bits per heavy atom. The Bertz CT molecular complexity index is 256. The largest absolute Gasteiger partial charge is 0.271 e. The Hall–Kier alpha value is 0.1000. The lowest BCUT2D eigenvalue weighted by molar-refractivity contribution is 0.602. The van der Waals surface area contributed by atoms with E-state index in [0.717, 1.165) is 14.5 Å². The number of nitrogens with two attached hydrogens (primary N) is 1. The van der Waals surface area contributed by atoms with Crippen molar-refractivity contribution < 1.29 is 0 Å². The monoisotopic (exact) mass is 292 g/mol. The molecular weight excluding hydrogens is 284 g/mol. The molecule has 0 aliphatic rings. The van der Waals surface area contributed by atoms with E-state index >= 15 is 0 Å². The molecule has 0 radical (unpaired) electrons. The zero-order valence-corrected chi connectivity index (χ0v) is 9.81. The maximum Gasteiger partial charge on any atom is 0.0432 e. The van der Waals surface area contributed by atoms with Gasteiger partial charge >= 0.3 is 0 Å². The van der Waals surface area contributed by atoms with Gasteiger partial charge in [-0.25, -0.2) is 0 Å². The standard InChI is InChI=1S/C8H10Br2N2/c1-5(12-11)6-2-7(9)4-8(10)3-6/h2-5,12H,11H2,1H3. The van der Waals surface area contributed by atoms with Gasteiger partial charge in [0.25, 0.3) is 0 Å². The van der Waals surface area contributed by atoms with E-state index in [-0.39, 0.29) is 6.04 Å². The molecule has 0 saturated carbocycles. The van der Waals surface area contributed by atoms with Crippen LogP contribution in [-0.4, -0.2) is 0 Å². The number of halogens is 2. The van der Waals surface area contributed by atoms with Gasteiger partial charge in [-0.1, -0.05) is 31.9 Å². The van der Waals surface area contributed by atoms with Crippen molar-refractivity contribution in [3.63, 3.8) is 0 Å². The van der Waals surface area contributed by atoms with Gasteiger partial charge in [-0.15, -0.1) is 0 Å². The van der Waals surface area contributed by atoms with Gasteiger partial charge in [0.2, 0.25) is 0 Å². The third-order valence-corrected chi connectivity index (χ3v) is 2.55. The van der Waals surface area contributed by atoms with Crippen LogP contribution >= 0.6 is 31.9 Å². The molecule has 0 aromatic heterocycles. The minimum absolute atomic E-state index is 0.166. The average Bonchev–Trinajstić information content (AvgIpc) is 2.01. The Kier molecular flexibility index (Phi) is 3.71. The predicted octanol–water partition coefficient (Wildman–Crippen LogP) is 2.74. The van der Waals surface area contributed by atoms with Crippen molar-refractivity contribution in [1.82, 2.24) is 5.43 Å². The molecule has 0 bridgehead atoms. The molecule has 1 aromatic carbocycles. The van der Waals surface area contributed by atoms with Gasteiger partial charge in [0, 0.05) is 15.0 Å². The van der Waals surface area contributed by atoms with Crippen LogP contribution in [0.1, 0.15) is 18.5 Å². The Morgan fingerprint density at radius 1 is 1.25 bits per heavy atom. The number of hydrazine groups is 1. The summed E-state index contributed by atoms with van der Waals surface area (Å²) >= 11 is 6.82. The van der Waals surface area contributed by atoms with E-state index in [1.165, 1.54) is 0 Å². The van der Waals surface area contributed by atoms with Crippen molar-refractivity contribution in [2.24, 2.45) is 5.84 Å². The zero-order chi connectivity index (χ0) is 9.14. The molecule has 1 rings (SSSR count). The van der Waals surface area contributed by atoms with Crippen LogP contribution in [0.2, 0.25) is 0 Å². The highest BCUT2D eigenvalue weighted by atomic mass is 79.9. The number of nitrogens with one attached hydrogen (secondary N) is 1. The molecule has 12 heavy (non-hydrogen) atoms. The van der Waals surface area contributed by atoms with Gasteiger partial charge in [-0.05, 0) is 30.7 Å². The van der Waals surface area contributed by atoms with Crippen molar-refractivity contribution in [2.45, 2.75) is 13.0 Å². The molecule has 0 aliphatic carbocycles. The third kappa shape index (κ3) is 2.55. The smallest absolute Gasteiger partial charge is 0.0432 e. The van der Waals surface area contributed by atoms with E-state index in [4.69, 9.17) is 5.84 Å². The van der Waals surface area contributed by atoms with E-state index in [9.17, 15) is 0 Å². The minimum atomic E-state index is 0.166. The van der Waals surface area contributed by atoms with E-state index in [0.29, 0.717) is 0 Å². The summed E-state index contributed by atoms with van der Waals surface area (Å²) in [5, 5.41) is 0. The zero-order valence-electron chi connectivity index (χ0n) is 6.64. The maximum absolute atomic E-state index is 5.32. The van der Waals surface area contributed by atoms with E-state index in [1.54, 1.807) is 0 Å². The molecule has 0 heterocycles. The summed E-state index contributed by atoms with van der Waals surface area (Å²) in [5.41, 5.74) is 3.85. The summed E-state index contributed by atoms with van der Waals surface area (Å²) in [6, 6.07) is 6.23. The first kappa shape index (κ1) is 10.2. The second-order valence-electron chi connectivity index (χ2n) is 2.59. The highest BCUT2D eigenvalue weighted by Gasteiger charge is 2.03. The predicted molar refractivity (Wildman–Crippen MR) is 57.6 cm³/mol. The number of hydrogen-bond acceptors (Lipinski definition) is 2. The first-order valence-electron chi connectivity index (χ1n) is 3.55. The maximum atomic E-state index is 5.32. The Morgan fingerprint density at radius 2 is 1.75 bits per heavy atom. The van der Waals surface area contributed by atoms with E-state index in [1.807, 2.05) is 25.1 Å². The number of rotatable bonds is 2. The van der Waals surface area contributed by atoms with Crippen LogP contribution in [-0.2, 0) is 0 Å². The first-order valence-corrected chi connectivity index (χ1v) is 5.14. The lowest BCUT2D eigenvalue weighted by atomic mass is 10.1. The van der Waals surface area contributed by atoms with Gasteiger partial charge in [-0.3, -0.25) is 11.3 Å². The fraction of sp³-hybridized carbons (Fsp3) is 0.250. The SMILES string of the molecule is CC(NN)c1cc(Br)cc(Br)c1. The fourth-order valence-electron chi connectivity index (χ4n) is 0.921. The molecule has 0 spiro atoms. The van der Waals surface area contributed by atoms with Crippen molar-refractivity contribution >= 4 is 31.9 Å². The molecule has 0 saturated heterocycles. The molecule has 0 fully saturated rings. The van der Waals surface area contributed by atoms with Crippen LogP contribution in [0.4, 0.5) is 0 Å². The highest BCUT2D eigenvalue weighted by Crippen LogP contribution is 2.23. The third-order valence-electron chi connectivity index (χ3n) is 1.63. The van der Waals surface area contributed by atoms with Crippen molar-refractivity contribution in [3.05, 3.63) is 32.7 Å². The average molecular weight is 294 g/mol. The van der Waals surface area contributed by atoms with Gasteiger partial charge in [0.05, 0.1) is 0 Å². The van der Waals surface area contributed by atoms with Crippen LogP contribution in [0.3, 0.4) is 0 Å². The first-order chi connectivity index (χ1) is 5.63. The molecule has 1 atom stereocenters. The molecule has 66 valence electrons. The van der Waals surface area contributed by atoms with Crippen LogP contribution < -0.4 is 11.3 Å². The summed E-state index contributed by atoms with van der Waals surface area (Å²) in [6.07, 6.45) is 0. The van der Waals surface area contributed by atoms with Crippen molar-refractivity contribution in [3.8, 4) is 0 Å². The summed E-state index contributed by atoms with van der Waals surface area (Å²) in [7, 11) is 0. The number of benzene rings is 1. The molecular formula is C8H10Br2N2. The lowest BCUT2D eigenvalue weighted by Gasteiger charge is -2.10. The van der Waals surface area contributed by atoms with Crippen molar-refractivity contribution in [1.29, 1.82) is 0 Å². The minimum Gasteiger partial charge on any atom is -0.271 e.